The van der Waals surface area contributed by atoms with Crippen LogP contribution in [0.1, 0.15) is 41.6 Å². The number of carboxylic acids is 1. The summed E-state index contributed by atoms with van der Waals surface area (Å²) in [6.07, 6.45) is 3.39. The molecule has 1 aliphatic rings. The number of rotatable bonds is 4. The second-order valence-corrected chi connectivity index (χ2v) is 6.09. The van der Waals surface area contributed by atoms with E-state index in [-0.39, 0.29) is 17.7 Å². The van der Waals surface area contributed by atoms with Gasteiger partial charge in [-0.15, -0.1) is 0 Å². The van der Waals surface area contributed by atoms with Crippen LogP contribution in [0.15, 0.2) is 16.6 Å². The fourth-order valence-corrected chi connectivity index (χ4v) is 3.05. The highest BCUT2D eigenvalue weighted by atomic mass is 79.9. The van der Waals surface area contributed by atoms with Crippen molar-refractivity contribution >= 4 is 27.6 Å². The van der Waals surface area contributed by atoms with E-state index in [1.54, 1.807) is 6.07 Å². The van der Waals surface area contributed by atoms with E-state index in [0.717, 1.165) is 31.2 Å². The average molecular weight is 343 g/mol. The number of aliphatic hydroxyl groups excluding tert-OH is 1. The van der Waals surface area contributed by atoms with Crippen LogP contribution >= 0.6 is 15.9 Å². The topological polar surface area (TPSA) is 95.6 Å². The zero-order chi connectivity index (χ0) is 14.7. The van der Waals surface area contributed by atoms with Crippen molar-refractivity contribution in [1.29, 1.82) is 0 Å². The van der Waals surface area contributed by atoms with E-state index in [4.69, 9.17) is 10.8 Å². The Morgan fingerprint density at radius 3 is 2.85 bits per heavy atom. The van der Waals surface area contributed by atoms with Crippen LogP contribution in [0.4, 0.5) is 5.69 Å². The molecule has 1 aromatic rings. The van der Waals surface area contributed by atoms with Crippen LogP contribution in [-0.4, -0.2) is 28.3 Å². The highest BCUT2D eigenvalue weighted by molar-refractivity contribution is 9.10. The first-order chi connectivity index (χ1) is 9.47. The molecule has 0 heterocycles. The number of carbonyl (C=O) groups is 1. The quantitative estimate of drug-likeness (QED) is 0.628. The Labute approximate surface area is 126 Å². The maximum absolute atomic E-state index is 11.1. The zero-order valence-corrected chi connectivity index (χ0v) is 12.7. The Bertz CT molecular complexity index is 507. The maximum Gasteiger partial charge on any atom is 0.335 e. The number of aliphatic hydroxyl groups is 1. The Hall–Kier alpha value is -1.11. The Balaban J connectivity index is 2.06. The number of nitrogens with one attached hydrogen (secondary N) is 1. The fourth-order valence-electron chi connectivity index (χ4n) is 2.55. The molecule has 5 N–H and O–H groups in total. The van der Waals surface area contributed by atoms with E-state index in [1.165, 1.54) is 6.07 Å². The van der Waals surface area contributed by atoms with Crippen LogP contribution < -0.4 is 11.1 Å². The number of carboxylic acid groups (broad SMARTS) is 1. The summed E-state index contributed by atoms with van der Waals surface area (Å²) in [4.78, 5) is 11.1. The first-order valence-corrected chi connectivity index (χ1v) is 7.49. The van der Waals surface area contributed by atoms with Gasteiger partial charge in [-0.25, -0.2) is 4.79 Å². The van der Waals surface area contributed by atoms with Gasteiger partial charge in [0.15, 0.2) is 0 Å². The first-order valence-electron chi connectivity index (χ1n) is 6.70. The zero-order valence-electron chi connectivity index (χ0n) is 11.1. The fraction of sp³-hybridized carbons (Fsp3) is 0.500. The molecule has 1 saturated carbocycles. The molecule has 0 bridgehead atoms. The van der Waals surface area contributed by atoms with E-state index < -0.39 is 5.97 Å². The van der Waals surface area contributed by atoms with Crippen molar-refractivity contribution in [2.75, 3.05) is 5.73 Å². The smallest absolute Gasteiger partial charge is 0.335 e. The molecular weight excluding hydrogens is 324 g/mol. The van der Waals surface area contributed by atoms with Gasteiger partial charge in [-0.3, -0.25) is 0 Å². The molecule has 1 aromatic carbocycles. The molecule has 0 radical (unpaired) electrons. The normalized spacial score (nSPS) is 22.7. The molecule has 1 fully saturated rings. The van der Waals surface area contributed by atoms with Crippen LogP contribution in [-0.2, 0) is 6.54 Å². The lowest BCUT2D eigenvalue weighted by molar-refractivity contribution is 0.0696. The molecule has 6 heteroatoms. The largest absolute Gasteiger partial charge is 0.478 e. The van der Waals surface area contributed by atoms with Gasteiger partial charge in [0.25, 0.3) is 0 Å². The van der Waals surface area contributed by atoms with Crippen LogP contribution in [0.3, 0.4) is 0 Å². The van der Waals surface area contributed by atoms with Crippen LogP contribution in [0.25, 0.3) is 0 Å². The second-order valence-electron chi connectivity index (χ2n) is 5.23. The number of hydrogen-bond acceptors (Lipinski definition) is 4. The van der Waals surface area contributed by atoms with Gasteiger partial charge in [-0.05, 0) is 59.3 Å². The maximum atomic E-state index is 11.1. The summed E-state index contributed by atoms with van der Waals surface area (Å²) < 4.78 is 0.595. The lowest BCUT2D eigenvalue weighted by atomic mass is 9.93. The van der Waals surface area contributed by atoms with Gasteiger partial charge in [0.1, 0.15) is 0 Å². The molecule has 1 aliphatic carbocycles. The standard InChI is InChI=1S/C14H19BrN2O3/c15-12-5-8(14(19)20)4-9(13(12)16)7-17-10-2-1-3-11(18)6-10/h4-5,10-11,17-18H,1-3,6-7,16H2,(H,19,20)/t10-,11+/m1/s1. The monoisotopic (exact) mass is 342 g/mol. The minimum Gasteiger partial charge on any atom is -0.478 e. The van der Waals surface area contributed by atoms with Crippen molar-refractivity contribution in [1.82, 2.24) is 5.32 Å². The summed E-state index contributed by atoms with van der Waals surface area (Å²) in [5, 5.41) is 22.1. The van der Waals surface area contributed by atoms with Crippen molar-refractivity contribution in [3.05, 3.63) is 27.7 Å². The van der Waals surface area contributed by atoms with E-state index in [9.17, 15) is 9.90 Å². The minimum absolute atomic E-state index is 0.214. The van der Waals surface area contributed by atoms with Gasteiger partial charge in [0, 0.05) is 17.1 Å². The number of hydrogen-bond donors (Lipinski definition) is 4. The molecule has 2 atom stereocenters. The Morgan fingerprint density at radius 2 is 2.20 bits per heavy atom. The lowest BCUT2D eigenvalue weighted by Gasteiger charge is -2.27. The molecule has 2 rings (SSSR count). The number of halogens is 1. The van der Waals surface area contributed by atoms with Crippen molar-refractivity contribution in [3.8, 4) is 0 Å². The predicted molar refractivity (Wildman–Crippen MR) is 80.6 cm³/mol. The number of nitrogen functional groups attached to an aromatic ring is 1. The van der Waals surface area contributed by atoms with Gasteiger partial charge >= 0.3 is 5.97 Å². The summed E-state index contributed by atoms with van der Waals surface area (Å²) in [6.45, 7) is 0.503. The average Bonchev–Trinajstić information content (AvgIpc) is 2.40. The molecule has 20 heavy (non-hydrogen) atoms. The van der Waals surface area contributed by atoms with Gasteiger partial charge < -0.3 is 21.3 Å². The summed E-state index contributed by atoms with van der Waals surface area (Å²) in [6, 6.07) is 3.35. The molecule has 0 aliphatic heterocycles. The summed E-state index contributed by atoms with van der Waals surface area (Å²) in [7, 11) is 0. The van der Waals surface area contributed by atoms with Crippen LogP contribution in [0, 0.1) is 0 Å². The van der Waals surface area contributed by atoms with Gasteiger partial charge in [-0.1, -0.05) is 0 Å². The molecular formula is C14H19BrN2O3. The van der Waals surface area contributed by atoms with E-state index >= 15 is 0 Å². The Kier molecular flexibility index (Phi) is 5.01. The molecule has 0 saturated heterocycles. The number of anilines is 1. The number of benzene rings is 1. The van der Waals surface area contributed by atoms with Crippen molar-refractivity contribution in [2.24, 2.45) is 0 Å². The van der Waals surface area contributed by atoms with E-state index in [0.29, 0.717) is 16.7 Å². The summed E-state index contributed by atoms with van der Waals surface area (Å²) >= 11 is 3.28. The Morgan fingerprint density at radius 1 is 1.45 bits per heavy atom. The van der Waals surface area contributed by atoms with E-state index in [1.807, 2.05) is 0 Å². The van der Waals surface area contributed by atoms with E-state index in [2.05, 4.69) is 21.2 Å². The number of aromatic carboxylic acids is 1. The van der Waals surface area contributed by atoms with Crippen LogP contribution in [0.5, 0.6) is 0 Å². The number of nitrogens with two attached hydrogens (primary N) is 1. The second kappa shape index (κ2) is 6.56. The van der Waals surface area contributed by atoms with Crippen molar-refractivity contribution in [2.45, 2.75) is 44.4 Å². The highest BCUT2D eigenvalue weighted by Gasteiger charge is 2.20. The summed E-state index contributed by atoms with van der Waals surface area (Å²) in [5.74, 6) is -0.972. The first kappa shape index (κ1) is 15.3. The van der Waals surface area contributed by atoms with Gasteiger partial charge in [-0.2, -0.15) is 0 Å². The summed E-state index contributed by atoms with van der Waals surface area (Å²) in [5.41, 5.74) is 7.50. The van der Waals surface area contributed by atoms with Crippen molar-refractivity contribution < 1.29 is 15.0 Å². The third kappa shape index (κ3) is 3.71. The lowest BCUT2D eigenvalue weighted by Crippen LogP contribution is -2.35. The van der Waals surface area contributed by atoms with Gasteiger partial charge in [0.05, 0.1) is 17.4 Å². The van der Waals surface area contributed by atoms with Crippen molar-refractivity contribution in [3.63, 3.8) is 0 Å². The molecule has 0 amide bonds. The molecule has 5 nitrogen and oxygen atoms in total. The van der Waals surface area contributed by atoms with Gasteiger partial charge in [0.2, 0.25) is 0 Å². The third-order valence-electron chi connectivity index (χ3n) is 3.69. The third-order valence-corrected chi connectivity index (χ3v) is 4.35. The highest BCUT2D eigenvalue weighted by Crippen LogP contribution is 2.26. The minimum atomic E-state index is -0.972. The predicted octanol–water partition coefficient (Wildman–Crippen LogP) is 2.12. The molecule has 110 valence electrons. The SMILES string of the molecule is Nc1c(Br)cc(C(=O)O)cc1CN[C@@H]1CCC[C@H](O)C1. The molecule has 0 spiro atoms. The molecule has 0 aromatic heterocycles. The van der Waals surface area contributed by atoms with Crippen LogP contribution in [0.2, 0.25) is 0 Å². The molecule has 0 unspecified atom stereocenters.